The van der Waals surface area contributed by atoms with Crippen LogP contribution in [-0.4, -0.2) is 47.1 Å². The Morgan fingerprint density at radius 1 is 1.26 bits per heavy atom. The lowest BCUT2D eigenvalue weighted by molar-refractivity contribution is 0.0608. The van der Waals surface area contributed by atoms with E-state index in [4.69, 9.17) is 0 Å². The first-order valence-electron chi connectivity index (χ1n) is 7.25. The largest absolute Gasteiger partial charge is 0.367 e. The van der Waals surface area contributed by atoms with Crippen LogP contribution in [0.2, 0.25) is 0 Å². The highest BCUT2D eigenvalue weighted by molar-refractivity contribution is 5.40. The van der Waals surface area contributed by atoms with Gasteiger partial charge in [0.15, 0.2) is 0 Å². The van der Waals surface area contributed by atoms with Crippen LogP contribution in [0.1, 0.15) is 32.1 Å². The van der Waals surface area contributed by atoms with Crippen molar-refractivity contribution >= 4 is 11.8 Å². The molecule has 2 atom stereocenters. The Morgan fingerprint density at radius 3 is 2.68 bits per heavy atom. The quantitative estimate of drug-likeness (QED) is 0.871. The lowest BCUT2D eigenvalue weighted by atomic mass is 9.82. The number of hydrogen-bond acceptors (Lipinski definition) is 5. The van der Waals surface area contributed by atoms with Crippen LogP contribution in [0, 0.1) is 0 Å². The minimum Gasteiger partial charge on any atom is -0.367 e. The Kier molecular flexibility index (Phi) is 3.55. The van der Waals surface area contributed by atoms with E-state index in [1.165, 1.54) is 32.1 Å². The van der Waals surface area contributed by atoms with Crippen LogP contribution in [0.3, 0.4) is 0 Å². The van der Waals surface area contributed by atoms with Gasteiger partial charge in [-0.15, -0.1) is 0 Å². The topological polar surface area (TPSA) is 53.1 Å². The summed E-state index contributed by atoms with van der Waals surface area (Å²) in [5.41, 5.74) is 0. The smallest absolute Gasteiger partial charge is 0.224 e. The Hall–Kier alpha value is -1.36. The van der Waals surface area contributed by atoms with Gasteiger partial charge in [0, 0.05) is 31.4 Å². The average Bonchev–Trinajstić information content (AvgIpc) is 2.40. The second-order valence-electron chi connectivity index (χ2n) is 5.73. The van der Waals surface area contributed by atoms with Crippen molar-refractivity contribution in [2.45, 2.75) is 50.2 Å². The van der Waals surface area contributed by atoms with E-state index in [2.05, 4.69) is 32.5 Å². The van der Waals surface area contributed by atoms with Crippen molar-refractivity contribution < 1.29 is 0 Å². The summed E-state index contributed by atoms with van der Waals surface area (Å²) in [7, 11) is 4.13. The molecule has 2 aliphatic heterocycles. The monoisotopic (exact) mass is 261 g/mol. The van der Waals surface area contributed by atoms with Gasteiger partial charge in [-0.2, -0.15) is 4.98 Å². The van der Waals surface area contributed by atoms with Gasteiger partial charge in [0.05, 0.1) is 0 Å². The first-order valence-corrected chi connectivity index (χ1v) is 7.25. The van der Waals surface area contributed by atoms with Crippen molar-refractivity contribution in [3.8, 4) is 0 Å². The van der Waals surface area contributed by atoms with Gasteiger partial charge in [0.1, 0.15) is 5.82 Å². The average molecular weight is 261 g/mol. The highest BCUT2D eigenvalue weighted by Gasteiger charge is 2.35. The molecule has 1 aromatic heterocycles. The molecule has 3 heterocycles. The number of hydrogen-bond donors (Lipinski definition) is 2. The number of piperidine rings is 2. The molecule has 2 fully saturated rings. The van der Waals surface area contributed by atoms with Gasteiger partial charge >= 0.3 is 0 Å². The zero-order chi connectivity index (χ0) is 13.2. The molecular weight excluding hydrogens is 238 g/mol. The number of fused-ring (bicyclic) bond motifs is 2. The van der Waals surface area contributed by atoms with E-state index in [-0.39, 0.29) is 0 Å². The zero-order valence-electron chi connectivity index (χ0n) is 11.8. The maximum atomic E-state index is 4.45. The Morgan fingerprint density at radius 2 is 2.00 bits per heavy atom. The normalized spacial score (nSPS) is 30.9. The number of anilines is 2. The second-order valence-corrected chi connectivity index (χ2v) is 5.73. The molecule has 2 N–H and O–H groups in total. The van der Waals surface area contributed by atoms with Crippen molar-refractivity contribution in [3.63, 3.8) is 0 Å². The molecule has 2 unspecified atom stereocenters. The van der Waals surface area contributed by atoms with Crippen molar-refractivity contribution in [2.75, 3.05) is 24.7 Å². The Labute approximate surface area is 114 Å². The molecule has 0 aliphatic carbocycles. The molecule has 5 heteroatoms. The summed E-state index contributed by atoms with van der Waals surface area (Å²) in [6.07, 6.45) is 8.34. The van der Waals surface area contributed by atoms with E-state index in [1.807, 2.05) is 13.1 Å². The molecule has 2 saturated heterocycles. The maximum Gasteiger partial charge on any atom is 0.224 e. The highest BCUT2D eigenvalue weighted by Crippen LogP contribution is 2.33. The third-order valence-corrected chi connectivity index (χ3v) is 4.57. The van der Waals surface area contributed by atoms with E-state index in [0.29, 0.717) is 12.0 Å². The number of nitrogens with zero attached hydrogens (tertiary/aromatic N) is 3. The number of nitrogens with one attached hydrogen (secondary N) is 2. The summed E-state index contributed by atoms with van der Waals surface area (Å²) in [4.78, 5) is 11.2. The summed E-state index contributed by atoms with van der Waals surface area (Å²) >= 11 is 0. The highest BCUT2D eigenvalue weighted by atomic mass is 15.2. The first-order chi connectivity index (χ1) is 9.26. The Balaban J connectivity index is 1.67. The Bertz CT molecular complexity index is 422. The number of rotatable bonds is 3. The summed E-state index contributed by atoms with van der Waals surface area (Å²) < 4.78 is 0. The molecule has 104 valence electrons. The second kappa shape index (κ2) is 5.33. The van der Waals surface area contributed by atoms with Gasteiger partial charge < -0.3 is 15.5 Å². The fourth-order valence-electron chi connectivity index (χ4n) is 3.50. The molecule has 5 nitrogen and oxygen atoms in total. The van der Waals surface area contributed by atoms with Gasteiger partial charge in [0.2, 0.25) is 5.95 Å². The zero-order valence-corrected chi connectivity index (χ0v) is 11.8. The minimum atomic E-state index is 0.547. The number of aromatic nitrogens is 2. The predicted octanol–water partition coefficient (Wildman–Crippen LogP) is 1.95. The van der Waals surface area contributed by atoms with Crippen LogP contribution in [0.25, 0.3) is 0 Å². The van der Waals surface area contributed by atoms with E-state index in [1.54, 1.807) is 6.20 Å². The molecule has 2 aliphatic rings. The SMILES string of the molecule is CNc1nccc(NC2CC3CCCC(C2)N3C)n1. The van der Waals surface area contributed by atoms with Crippen molar-refractivity contribution in [1.29, 1.82) is 0 Å². The molecule has 0 amide bonds. The summed E-state index contributed by atoms with van der Waals surface area (Å²) in [6.45, 7) is 0. The van der Waals surface area contributed by atoms with Gasteiger partial charge in [-0.25, -0.2) is 4.98 Å². The summed E-state index contributed by atoms with van der Waals surface area (Å²) in [5.74, 6) is 1.62. The lowest BCUT2D eigenvalue weighted by Crippen LogP contribution is -2.52. The molecule has 1 aromatic rings. The van der Waals surface area contributed by atoms with E-state index in [9.17, 15) is 0 Å². The first kappa shape index (κ1) is 12.7. The van der Waals surface area contributed by atoms with Gasteiger partial charge in [-0.3, -0.25) is 0 Å². The lowest BCUT2D eigenvalue weighted by Gasteiger charge is -2.47. The van der Waals surface area contributed by atoms with E-state index in [0.717, 1.165) is 17.9 Å². The maximum absolute atomic E-state index is 4.45. The minimum absolute atomic E-state index is 0.547. The van der Waals surface area contributed by atoms with Crippen LogP contribution < -0.4 is 10.6 Å². The molecule has 3 rings (SSSR count). The molecule has 0 saturated carbocycles. The van der Waals surface area contributed by atoms with Crippen molar-refractivity contribution in [2.24, 2.45) is 0 Å². The van der Waals surface area contributed by atoms with Crippen LogP contribution in [0.4, 0.5) is 11.8 Å². The van der Waals surface area contributed by atoms with E-state index < -0.39 is 0 Å². The van der Waals surface area contributed by atoms with Gasteiger partial charge in [0.25, 0.3) is 0 Å². The molecule has 0 aromatic carbocycles. The molecule has 0 spiro atoms. The third kappa shape index (κ3) is 2.66. The van der Waals surface area contributed by atoms with Crippen LogP contribution >= 0.6 is 0 Å². The van der Waals surface area contributed by atoms with Crippen molar-refractivity contribution in [1.82, 2.24) is 14.9 Å². The fraction of sp³-hybridized carbons (Fsp3) is 0.714. The van der Waals surface area contributed by atoms with Gasteiger partial charge in [-0.05, 0) is 38.8 Å². The molecule has 2 bridgehead atoms. The van der Waals surface area contributed by atoms with Gasteiger partial charge in [-0.1, -0.05) is 6.42 Å². The molecular formula is C14H23N5. The third-order valence-electron chi connectivity index (χ3n) is 4.57. The summed E-state index contributed by atoms with van der Waals surface area (Å²) in [5, 5.41) is 6.57. The standard InChI is InChI=1S/C14H23N5/c1-15-14-16-7-6-13(18-14)17-10-8-11-4-3-5-12(9-10)19(11)2/h6-7,10-12H,3-5,8-9H2,1-2H3,(H2,15,16,17,18). The molecule has 0 radical (unpaired) electrons. The van der Waals surface area contributed by atoms with Crippen LogP contribution in [-0.2, 0) is 0 Å². The van der Waals surface area contributed by atoms with Crippen LogP contribution in [0.15, 0.2) is 12.3 Å². The van der Waals surface area contributed by atoms with Crippen molar-refractivity contribution in [3.05, 3.63) is 12.3 Å². The predicted molar refractivity (Wildman–Crippen MR) is 77.4 cm³/mol. The fourth-order valence-corrected chi connectivity index (χ4v) is 3.50. The van der Waals surface area contributed by atoms with E-state index >= 15 is 0 Å². The van der Waals surface area contributed by atoms with Crippen LogP contribution in [0.5, 0.6) is 0 Å². The molecule has 19 heavy (non-hydrogen) atoms. The summed E-state index contributed by atoms with van der Waals surface area (Å²) in [6, 6.07) is 3.99.